The predicted octanol–water partition coefficient (Wildman–Crippen LogP) is 0.479. The van der Waals surface area contributed by atoms with Crippen LogP contribution in [0.25, 0.3) is 0 Å². The molecular formula is C11H22N2O2. The van der Waals surface area contributed by atoms with Crippen LogP contribution in [0.3, 0.4) is 0 Å². The van der Waals surface area contributed by atoms with Gasteiger partial charge in [0, 0.05) is 19.1 Å². The van der Waals surface area contributed by atoms with Gasteiger partial charge in [-0.25, -0.2) is 0 Å². The molecule has 1 aliphatic heterocycles. The molecule has 88 valence electrons. The number of nitrogens with zero attached hydrogens (tertiary/aromatic N) is 1. The molecule has 1 N–H and O–H groups in total. The smallest absolute Gasteiger partial charge is 0.309 e. The molecule has 1 rings (SSSR count). The summed E-state index contributed by atoms with van der Waals surface area (Å²) in [6.45, 7) is 4.87. The minimum absolute atomic E-state index is 0.0226. The number of ether oxygens (including phenoxy) is 1. The molecule has 0 saturated carbocycles. The Balaban J connectivity index is 2.34. The van der Waals surface area contributed by atoms with Crippen LogP contribution in [0.4, 0.5) is 0 Å². The summed E-state index contributed by atoms with van der Waals surface area (Å²) in [7, 11) is 3.45. The summed E-state index contributed by atoms with van der Waals surface area (Å²) in [5.74, 6) is -0.132. The van der Waals surface area contributed by atoms with Gasteiger partial charge in [0.1, 0.15) is 0 Å². The summed E-state index contributed by atoms with van der Waals surface area (Å²) in [5, 5.41) is 3.29. The Morgan fingerprint density at radius 2 is 2.40 bits per heavy atom. The minimum Gasteiger partial charge on any atom is -0.469 e. The average molecular weight is 214 g/mol. The van der Waals surface area contributed by atoms with Crippen LogP contribution in [0.15, 0.2) is 0 Å². The van der Waals surface area contributed by atoms with E-state index in [2.05, 4.69) is 10.2 Å². The molecule has 2 atom stereocenters. The number of methoxy groups -OCH3 is 1. The molecule has 2 unspecified atom stereocenters. The third kappa shape index (κ3) is 3.80. The van der Waals surface area contributed by atoms with Crippen molar-refractivity contribution in [1.29, 1.82) is 0 Å². The maximum atomic E-state index is 11.3. The first kappa shape index (κ1) is 12.5. The van der Waals surface area contributed by atoms with Gasteiger partial charge in [-0.1, -0.05) is 6.92 Å². The van der Waals surface area contributed by atoms with Crippen molar-refractivity contribution in [3.63, 3.8) is 0 Å². The highest BCUT2D eigenvalue weighted by Gasteiger charge is 2.22. The monoisotopic (exact) mass is 214 g/mol. The number of esters is 1. The normalized spacial score (nSPS) is 24.9. The van der Waals surface area contributed by atoms with Crippen molar-refractivity contribution in [2.45, 2.75) is 25.8 Å². The highest BCUT2D eigenvalue weighted by molar-refractivity contribution is 5.72. The standard InChI is InChI=1S/C11H22N2O2/c1-9(11(14)15-3)7-13-6-4-5-10(8-13)12-2/h9-10,12H,4-8H2,1-3H3. The lowest BCUT2D eigenvalue weighted by atomic mass is 10.0. The third-order valence-corrected chi connectivity index (χ3v) is 3.05. The highest BCUT2D eigenvalue weighted by atomic mass is 16.5. The lowest BCUT2D eigenvalue weighted by Gasteiger charge is -2.33. The molecule has 0 amide bonds. The quantitative estimate of drug-likeness (QED) is 0.691. The fourth-order valence-electron chi connectivity index (χ4n) is 2.12. The zero-order chi connectivity index (χ0) is 11.3. The van der Waals surface area contributed by atoms with Gasteiger partial charge in [-0.2, -0.15) is 0 Å². The number of likely N-dealkylation sites (N-methyl/N-ethyl adjacent to an activating group) is 1. The Labute approximate surface area is 92.0 Å². The summed E-state index contributed by atoms with van der Waals surface area (Å²) in [4.78, 5) is 13.6. The maximum absolute atomic E-state index is 11.3. The minimum atomic E-state index is -0.110. The molecule has 0 bridgehead atoms. The Morgan fingerprint density at radius 3 is 3.00 bits per heavy atom. The van der Waals surface area contributed by atoms with Gasteiger partial charge in [0.25, 0.3) is 0 Å². The summed E-state index contributed by atoms with van der Waals surface area (Å²) in [6.07, 6.45) is 2.44. The first-order valence-electron chi connectivity index (χ1n) is 5.64. The van der Waals surface area contributed by atoms with Crippen molar-refractivity contribution in [1.82, 2.24) is 10.2 Å². The number of nitrogens with one attached hydrogen (secondary N) is 1. The molecule has 0 spiro atoms. The van der Waals surface area contributed by atoms with E-state index < -0.39 is 0 Å². The van der Waals surface area contributed by atoms with Gasteiger partial charge in [0.15, 0.2) is 0 Å². The van der Waals surface area contributed by atoms with E-state index in [0.717, 1.165) is 19.6 Å². The maximum Gasteiger partial charge on any atom is 0.309 e. The molecular weight excluding hydrogens is 192 g/mol. The summed E-state index contributed by atoms with van der Waals surface area (Å²) in [5.41, 5.74) is 0. The Kier molecular flexibility index (Phi) is 5.05. The Hall–Kier alpha value is -0.610. The second kappa shape index (κ2) is 6.08. The number of carbonyl (C=O) groups excluding carboxylic acids is 1. The summed E-state index contributed by atoms with van der Waals surface area (Å²) in [6, 6.07) is 0.573. The molecule has 4 nitrogen and oxygen atoms in total. The SMILES string of the molecule is CNC1CCCN(CC(C)C(=O)OC)C1. The second-order valence-corrected chi connectivity index (χ2v) is 4.31. The van der Waals surface area contributed by atoms with Crippen molar-refractivity contribution in [3.05, 3.63) is 0 Å². The van der Waals surface area contributed by atoms with E-state index in [1.807, 2.05) is 14.0 Å². The average Bonchev–Trinajstić information content (AvgIpc) is 2.28. The van der Waals surface area contributed by atoms with Crippen molar-refractivity contribution >= 4 is 5.97 Å². The van der Waals surface area contributed by atoms with Gasteiger partial charge in [0.05, 0.1) is 13.0 Å². The molecule has 1 aliphatic rings. The van der Waals surface area contributed by atoms with E-state index in [1.165, 1.54) is 20.0 Å². The number of hydrogen-bond donors (Lipinski definition) is 1. The van der Waals surface area contributed by atoms with Gasteiger partial charge >= 0.3 is 5.97 Å². The zero-order valence-electron chi connectivity index (χ0n) is 9.95. The zero-order valence-corrected chi connectivity index (χ0v) is 9.95. The lowest BCUT2D eigenvalue weighted by molar-refractivity contribution is -0.145. The summed E-state index contributed by atoms with van der Waals surface area (Å²) >= 11 is 0. The Bertz CT molecular complexity index is 209. The molecule has 15 heavy (non-hydrogen) atoms. The van der Waals surface area contributed by atoms with E-state index in [0.29, 0.717) is 6.04 Å². The Morgan fingerprint density at radius 1 is 1.67 bits per heavy atom. The first-order valence-corrected chi connectivity index (χ1v) is 5.64. The van der Waals surface area contributed by atoms with Crippen LogP contribution in [-0.2, 0) is 9.53 Å². The van der Waals surface area contributed by atoms with Crippen LogP contribution >= 0.6 is 0 Å². The van der Waals surface area contributed by atoms with Gasteiger partial charge in [-0.3, -0.25) is 4.79 Å². The van der Waals surface area contributed by atoms with E-state index in [9.17, 15) is 4.79 Å². The molecule has 0 radical (unpaired) electrons. The van der Waals surface area contributed by atoms with Crippen molar-refractivity contribution in [2.75, 3.05) is 33.8 Å². The van der Waals surface area contributed by atoms with Gasteiger partial charge in [0.2, 0.25) is 0 Å². The van der Waals surface area contributed by atoms with Crippen LogP contribution in [0.1, 0.15) is 19.8 Å². The van der Waals surface area contributed by atoms with E-state index >= 15 is 0 Å². The van der Waals surface area contributed by atoms with Gasteiger partial charge in [-0.15, -0.1) is 0 Å². The van der Waals surface area contributed by atoms with Crippen molar-refractivity contribution < 1.29 is 9.53 Å². The van der Waals surface area contributed by atoms with E-state index in [-0.39, 0.29) is 11.9 Å². The van der Waals surface area contributed by atoms with Crippen LogP contribution in [-0.4, -0.2) is 50.7 Å². The first-order chi connectivity index (χ1) is 7.17. The fraction of sp³-hybridized carbons (Fsp3) is 0.909. The topological polar surface area (TPSA) is 41.6 Å². The molecule has 0 aromatic rings. The van der Waals surface area contributed by atoms with Crippen molar-refractivity contribution in [2.24, 2.45) is 5.92 Å². The van der Waals surface area contributed by atoms with E-state index in [1.54, 1.807) is 0 Å². The highest BCUT2D eigenvalue weighted by Crippen LogP contribution is 2.12. The molecule has 0 aromatic carbocycles. The number of rotatable bonds is 4. The van der Waals surface area contributed by atoms with Gasteiger partial charge < -0.3 is 15.0 Å². The number of likely N-dealkylation sites (tertiary alicyclic amines) is 1. The lowest BCUT2D eigenvalue weighted by Crippen LogP contribution is -2.46. The molecule has 4 heteroatoms. The van der Waals surface area contributed by atoms with Crippen LogP contribution in [0.2, 0.25) is 0 Å². The molecule has 1 fully saturated rings. The fourth-order valence-corrected chi connectivity index (χ4v) is 2.12. The van der Waals surface area contributed by atoms with Gasteiger partial charge in [-0.05, 0) is 26.4 Å². The second-order valence-electron chi connectivity index (χ2n) is 4.31. The molecule has 1 heterocycles. The van der Waals surface area contributed by atoms with Crippen LogP contribution in [0.5, 0.6) is 0 Å². The number of hydrogen-bond acceptors (Lipinski definition) is 4. The third-order valence-electron chi connectivity index (χ3n) is 3.05. The molecule has 1 saturated heterocycles. The van der Waals surface area contributed by atoms with Crippen LogP contribution < -0.4 is 5.32 Å². The predicted molar refractivity (Wildman–Crippen MR) is 59.7 cm³/mol. The van der Waals surface area contributed by atoms with Crippen molar-refractivity contribution in [3.8, 4) is 0 Å². The number of carbonyl (C=O) groups is 1. The molecule has 0 aromatic heterocycles. The van der Waals surface area contributed by atoms with Crippen LogP contribution in [0, 0.1) is 5.92 Å². The molecule has 0 aliphatic carbocycles. The number of piperidine rings is 1. The van der Waals surface area contributed by atoms with E-state index in [4.69, 9.17) is 4.74 Å². The summed E-state index contributed by atoms with van der Waals surface area (Å²) < 4.78 is 4.73. The largest absolute Gasteiger partial charge is 0.469 e.